The van der Waals surface area contributed by atoms with E-state index in [9.17, 15) is 13.9 Å². The molecule has 1 aliphatic rings. The highest BCUT2D eigenvalue weighted by Crippen LogP contribution is 2.42. The number of aromatic nitrogens is 4. The zero-order valence-corrected chi connectivity index (χ0v) is 20.0. The topological polar surface area (TPSA) is 89.3 Å². The third kappa shape index (κ3) is 4.21. The van der Waals surface area contributed by atoms with E-state index < -0.39 is 17.2 Å². The van der Waals surface area contributed by atoms with Gasteiger partial charge in [0.05, 0.1) is 28.6 Å². The molecule has 8 heteroatoms. The molecule has 1 saturated carbocycles. The van der Waals surface area contributed by atoms with Crippen LogP contribution in [0.1, 0.15) is 55.1 Å². The van der Waals surface area contributed by atoms with E-state index in [1.165, 1.54) is 12.1 Å². The second kappa shape index (κ2) is 8.77. The van der Waals surface area contributed by atoms with Crippen LogP contribution in [0.4, 0.5) is 8.78 Å². The van der Waals surface area contributed by atoms with Crippen molar-refractivity contribution in [3.05, 3.63) is 83.1 Å². The Morgan fingerprint density at radius 3 is 2.60 bits per heavy atom. The SMILES string of the molecule is Cc1cc(F)c(-c2ccc3cnc(Cc4cnccc4[C@H]4C[C@@H](N)[C@](C)(O)[C@@H](C)C4)n3n2)c(F)c1. The maximum atomic E-state index is 14.6. The number of imidazole rings is 1. The predicted octanol–water partition coefficient (Wildman–Crippen LogP) is 4.56. The maximum absolute atomic E-state index is 14.6. The Balaban J connectivity index is 1.51. The Morgan fingerprint density at radius 2 is 1.89 bits per heavy atom. The van der Waals surface area contributed by atoms with Crippen molar-refractivity contribution in [3.63, 3.8) is 0 Å². The van der Waals surface area contributed by atoms with Gasteiger partial charge in [-0.05, 0) is 85.5 Å². The van der Waals surface area contributed by atoms with Crippen molar-refractivity contribution in [2.75, 3.05) is 0 Å². The molecule has 6 nitrogen and oxygen atoms in total. The summed E-state index contributed by atoms with van der Waals surface area (Å²) < 4.78 is 30.8. The third-order valence-electron chi connectivity index (χ3n) is 7.55. The first-order chi connectivity index (χ1) is 16.6. The van der Waals surface area contributed by atoms with Crippen LogP contribution in [0.5, 0.6) is 0 Å². The average molecular weight is 478 g/mol. The van der Waals surface area contributed by atoms with E-state index in [0.717, 1.165) is 23.1 Å². The summed E-state index contributed by atoms with van der Waals surface area (Å²) in [6.07, 6.45) is 7.22. The predicted molar refractivity (Wildman–Crippen MR) is 130 cm³/mol. The normalized spacial score (nSPS) is 24.7. The molecule has 182 valence electrons. The van der Waals surface area contributed by atoms with Gasteiger partial charge in [0.2, 0.25) is 0 Å². The van der Waals surface area contributed by atoms with Crippen LogP contribution in [0.2, 0.25) is 0 Å². The number of hydrogen-bond donors (Lipinski definition) is 2. The summed E-state index contributed by atoms with van der Waals surface area (Å²) >= 11 is 0. The summed E-state index contributed by atoms with van der Waals surface area (Å²) in [7, 11) is 0. The molecule has 1 aromatic carbocycles. The Morgan fingerprint density at radius 1 is 1.14 bits per heavy atom. The molecule has 1 aliphatic carbocycles. The minimum absolute atomic E-state index is 0.0491. The lowest BCUT2D eigenvalue weighted by Crippen LogP contribution is -2.54. The third-order valence-corrected chi connectivity index (χ3v) is 7.55. The van der Waals surface area contributed by atoms with Crippen LogP contribution < -0.4 is 5.73 Å². The lowest BCUT2D eigenvalue weighted by Gasteiger charge is -2.44. The summed E-state index contributed by atoms with van der Waals surface area (Å²) in [4.78, 5) is 8.87. The van der Waals surface area contributed by atoms with Crippen molar-refractivity contribution in [1.29, 1.82) is 0 Å². The monoisotopic (exact) mass is 477 g/mol. The molecular formula is C27H29F2N5O. The minimum Gasteiger partial charge on any atom is -0.388 e. The van der Waals surface area contributed by atoms with E-state index in [4.69, 9.17) is 5.73 Å². The van der Waals surface area contributed by atoms with Crippen LogP contribution in [0.15, 0.2) is 48.9 Å². The van der Waals surface area contributed by atoms with Crippen molar-refractivity contribution < 1.29 is 13.9 Å². The van der Waals surface area contributed by atoms with Gasteiger partial charge in [-0.1, -0.05) is 6.92 Å². The molecule has 0 saturated heterocycles. The standard InChI is InChI=1S/C27H29F2N5O/c1-15-8-21(28)26(22(29)9-15)23-5-4-19-14-32-25(34(19)33-23)12-18-13-31-7-6-20(18)17-10-16(2)27(3,35)24(30)11-17/h4-9,13-14,16-17,24,35H,10-12,30H2,1-3H3/t16-,17+,24+,27+/m0/s1. The van der Waals surface area contributed by atoms with Crippen molar-refractivity contribution in [1.82, 2.24) is 19.6 Å². The average Bonchev–Trinajstić information content (AvgIpc) is 3.19. The zero-order valence-electron chi connectivity index (χ0n) is 20.0. The van der Waals surface area contributed by atoms with Crippen LogP contribution in [0, 0.1) is 24.5 Å². The van der Waals surface area contributed by atoms with Crippen molar-refractivity contribution in [2.45, 2.75) is 57.6 Å². The molecule has 0 bridgehead atoms. The highest BCUT2D eigenvalue weighted by molar-refractivity contribution is 5.63. The molecule has 3 N–H and O–H groups in total. The van der Waals surface area contributed by atoms with Crippen LogP contribution in [0.25, 0.3) is 16.8 Å². The number of nitrogens with two attached hydrogens (primary N) is 1. The molecule has 0 aliphatic heterocycles. The van der Waals surface area contributed by atoms with Crippen molar-refractivity contribution in [3.8, 4) is 11.3 Å². The lowest BCUT2D eigenvalue weighted by atomic mass is 9.67. The molecule has 0 radical (unpaired) electrons. The number of pyridine rings is 1. The van der Waals surface area contributed by atoms with Gasteiger partial charge in [0.15, 0.2) is 0 Å². The van der Waals surface area contributed by atoms with Gasteiger partial charge in [0, 0.05) is 24.9 Å². The van der Waals surface area contributed by atoms with Gasteiger partial charge in [-0.2, -0.15) is 5.10 Å². The van der Waals surface area contributed by atoms with Gasteiger partial charge in [0.25, 0.3) is 0 Å². The Bertz CT molecular complexity index is 1360. The van der Waals surface area contributed by atoms with Crippen molar-refractivity contribution in [2.24, 2.45) is 11.7 Å². The fourth-order valence-corrected chi connectivity index (χ4v) is 5.21. The maximum Gasteiger partial charge on any atom is 0.135 e. The smallest absolute Gasteiger partial charge is 0.135 e. The van der Waals surface area contributed by atoms with Crippen LogP contribution >= 0.6 is 0 Å². The summed E-state index contributed by atoms with van der Waals surface area (Å²) in [5.41, 5.74) is 8.85. The van der Waals surface area contributed by atoms with Gasteiger partial charge in [-0.3, -0.25) is 4.98 Å². The first-order valence-corrected chi connectivity index (χ1v) is 11.9. The van der Waals surface area contributed by atoms with E-state index in [1.54, 1.807) is 36.0 Å². The van der Waals surface area contributed by atoms with Gasteiger partial charge in [-0.15, -0.1) is 0 Å². The van der Waals surface area contributed by atoms with Crippen LogP contribution in [0.3, 0.4) is 0 Å². The highest BCUT2D eigenvalue weighted by atomic mass is 19.1. The van der Waals surface area contributed by atoms with Crippen LogP contribution in [-0.4, -0.2) is 36.3 Å². The zero-order chi connectivity index (χ0) is 24.9. The lowest BCUT2D eigenvalue weighted by molar-refractivity contribution is -0.0464. The minimum atomic E-state index is -0.899. The number of fused-ring (bicyclic) bond motifs is 1. The number of hydrogen-bond acceptors (Lipinski definition) is 5. The van der Waals surface area contributed by atoms with Gasteiger partial charge in [-0.25, -0.2) is 18.3 Å². The summed E-state index contributed by atoms with van der Waals surface area (Å²) in [6.45, 7) is 5.49. The number of nitrogens with zero attached hydrogens (tertiary/aromatic N) is 4. The van der Waals surface area contributed by atoms with Gasteiger partial charge >= 0.3 is 0 Å². The summed E-state index contributed by atoms with van der Waals surface area (Å²) in [6, 6.07) is 7.64. The number of rotatable bonds is 4. The Labute approximate surface area is 202 Å². The first-order valence-electron chi connectivity index (χ1n) is 11.9. The molecule has 3 aromatic heterocycles. The first kappa shape index (κ1) is 23.5. The molecule has 1 fully saturated rings. The molecule has 4 atom stereocenters. The number of aryl methyl sites for hydroxylation is 1. The fraction of sp³-hybridized carbons (Fsp3) is 0.370. The van der Waals surface area contributed by atoms with E-state index in [2.05, 4.69) is 15.1 Å². The van der Waals surface area contributed by atoms with Gasteiger partial charge < -0.3 is 10.8 Å². The Kier molecular flexibility index (Phi) is 5.89. The van der Waals surface area contributed by atoms with Gasteiger partial charge in [0.1, 0.15) is 17.5 Å². The molecule has 0 amide bonds. The van der Waals surface area contributed by atoms with E-state index in [1.807, 2.05) is 26.1 Å². The fourth-order valence-electron chi connectivity index (χ4n) is 5.21. The summed E-state index contributed by atoms with van der Waals surface area (Å²) in [5.74, 6) is -0.422. The quantitative estimate of drug-likeness (QED) is 0.450. The van der Waals surface area contributed by atoms with E-state index in [0.29, 0.717) is 24.2 Å². The largest absolute Gasteiger partial charge is 0.388 e. The second-order valence-electron chi connectivity index (χ2n) is 9.99. The molecule has 35 heavy (non-hydrogen) atoms. The summed E-state index contributed by atoms with van der Waals surface area (Å²) in [5, 5.41) is 15.3. The number of aliphatic hydroxyl groups is 1. The molecule has 0 unspecified atom stereocenters. The highest BCUT2D eigenvalue weighted by Gasteiger charge is 2.42. The Hall–Kier alpha value is -3.23. The molecule has 4 aromatic rings. The number of benzene rings is 1. The van der Waals surface area contributed by atoms with Crippen LogP contribution in [-0.2, 0) is 6.42 Å². The molecular weight excluding hydrogens is 448 g/mol. The van der Waals surface area contributed by atoms with E-state index in [-0.39, 0.29) is 29.1 Å². The second-order valence-corrected chi connectivity index (χ2v) is 9.99. The van der Waals surface area contributed by atoms with E-state index >= 15 is 0 Å². The molecule has 5 rings (SSSR count). The van der Waals surface area contributed by atoms with Crippen molar-refractivity contribution >= 4 is 5.52 Å². The number of halogens is 2. The molecule has 0 spiro atoms. The molecule has 3 heterocycles.